The fourth-order valence-corrected chi connectivity index (χ4v) is 13.3. The molecule has 440 valence electrons. The number of fused-ring (bicyclic) bond motifs is 6. The lowest BCUT2D eigenvalue weighted by Crippen LogP contribution is -2.19. The fourth-order valence-electron chi connectivity index (χ4n) is 13.0. The van der Waals surface area contributed by atoms with Gasteiger partial charge in [0.25, 0.3) is 0 Å². The van der Waals surface area contributed by atoms with Gasteiger partial charge < -0.3 is 23.5 Å². The van der Waals surface area contributed by atoms with Crippen molar-refractivity contribution >= 4 is 95.5 Å². The molecule has 0 fully saturated rings. The molecule has 2 aromatic heterocycles. The molecule has 0 saturated heterocycles. The highest BCUT2D eigenvalue weighted by molar-refractivity contribution is 6.37. The summed E-state index contributed by atoms with van der Waals surface area (Å²) in [6.07, 6.45) is 0. The summed E-state index contributed by atoms with van der Waals surface area (Å²) in [5.41, 5.74) is 20.5. The Kier molecular flexibility index (Phi) is 13.9. The van der Waals surface area contributed by atoms with E-state index in [-0.39, 0.29) is 21.7 Å². The van der Waals surface area contributed by atoms with Crippen molar-refractivity contribution < 1.29 is 8.83 Å². The molecule has 0 atom stereocenters. The van der Waals surface area contributed by atoms with Gasteiger partial charge in [-0.1, -0.05) is 209 Å². The Hall–Kier alpha value is -9.55. The first kappa shape index (κ1) is 57.2. The van der Waals surface area contributed by atoms with Crippen LogP contribution < -0.4 is 14.7 Å². The van der Waals surface area contributed by atoms with Crippen molar-refractivity contribution in [2.45, 2.75) is 97.8 Å². The molecule has 5 nitrogen and oxygen atoms in total. The number of hydrogen-bond donors (Lipinski definition) is 0. The third kappa shape index (κ3) is 10.6. The summed E-state index contributed by atoms with van der Waals surface area (Å²) >= 11 is 8.46. The minimum Gasteiger partial charge on any atom is -0.456 e. The quantitative estimate of drug-likeness (QED) is 0.129. The molecule has 0 saturated carbocycles. The SMILES string of the molecule is CC(C)(C)c1ccc(N(c2ccc(-c3cc4ccccc4o3)cc2)c2cc(N(c3ccc4c(c3)C(C)(C)c3ccccc3-4)c3ccc4cc(-c5cc6ccccc6o5)ccc4c3)cc(N(c3ccc(C(C)(C)C)cc3)c3ccc(C(C)(C)C)cc3)c2Cl)cc1. The van der Waals surface area contributed by atoms with Crippen LogP contribution in [0.15, 0.2) is 258 Å². The van der Waals surface area contributed by atoms with E-state index in [0.29, 0.717) is 5.02 Å². The molecule has 0 radical (unpaired) electrons. The van der Waals surface area contributed by atoms with Gasteiger partial charge in [-0.25, -0.2) is 0 Å². The molecule has 0 amide bonds. The van der Waals surface area contributed by atoms with Gasteiger partial charge in [0.2, 0.25) is 0 Å². The number of hydrogen-bond acceptors (Lipinski definition) is 5. The number of halogens is 1. The predicted molar refractivity (Wildman–Crippen MR) is 377 cm³/mol. The molecule has 0 spiro atoms. The maximum Gasteiger partial charge on any atom is 0.135 e. The van der Waals surface area contributed by atoms with Gasteiger partial charge in [0.15, 0.2) is 0 Å². The Labute approximate surface area is 529 Å². The maximum atomic E-state index is 8.46. The number of furan rings is 2. The molecule has 89 heavy (non-hydrogen) atoms. The predicted octanol–water partition coefficient (Wildman–Crippen LogP) is 24.9. The summed E-state index contributed by atoms with van der Waals surface area (Å²) in [6.45, 7) is 25.1. The Bertz CT molecular complexity index is 4690. The smallest absolute Gasteiger partial charge is 0.135 e. The highest BCUT2D eigenvalue weighted by Crippen LogP contribution is 2.54. The molecule has 0 bridgehead atoms. The first-order valence-corrected chi connectivity index (χ1v) is 31.4. The second-order valence-corrected chi connectivity index (χ2v) is 28.1. The van der Waals surface area contributed by atoms with Crippen LogP contribution in [0.1, 0.15) is 104 Å². The van der Waals surface area contributed by atoms with Crippen molar-refractivity contribution in [1.82, 2.24) is 0 Å². The van der Waals surface area contributed by atoms with E-state index in [4.69, 9.17) is 20.4 Å². The van der Waals surface area contributed by atoms with Crippen molar-refractivity contribution in [3.05, 3.63) is 282 Å². The zero-order chi connectivity index (χ0) is 61.7. The topological polar surface area (TPSA) is 36.0 Å². The van der Waals surface area contributed by atoms with Crippen LogP contribution in [0.4, 0.5) is 51.2 Å². The summed E-state index contributed by atoms with van der Waals surface area (Å²) < 4.78 is 12.9. The van der Waals surface area contributed by atoms with Crippen LogP contribution in [-0.4, -0.2) is 0 Å². The Morgan fingerprint density at radius 1 is 0.315 bits per heavy atom. The number of rotatable bonds is 11. The minimum absolute atomic E-state index is 0.0629. The van der Waals surface area contributed by atoms with E-state index in [2.05, 4.69) is 309 Å². The zero-order valence-electron chi connectivity index (χ0n) is 52.7. The second-order valence-electron chi connectivity index (χ2n) is 27.7. The van der Waals surface area contributed by atoms with E-state index in [1.165, 1.54) is 38.9 Å². The van der Waals surface area contributed by atoms with E-state index in [1.807, 2.05) is 30.3 Å². The lowest BCUT2D eigenvalue weighted by Gasteiger charge is -2.35. The van der Waals surface area contributed by atoms with Crippen molar-refractivity contribution in [1.29, 1.82) is 0 Å². The Morgan fingerprint density at radius 3 is 1.21 bits per heavy atom. The van der Waals surface area contributed by atoms with E-state index >= 15 is 0 Å². The number of benzene rings is 11. The molecule has 0 N–H and O–H groups in total. The first-order valence-electron chi connectivity index (χ1n) is 31.1. The lowest BCUT2D eigenvalue weighted by molar-refractivity contribution is 0.590. The first-order chi connectivity index (χ1) is 42.6. The summed E-state index contributed by atoms with van der Waals surface area (Å²) in [5, 5.41) is 4.93. The van der Waals surface area contributed by atoms with Crippen LogP contribution in [0.3, 0.4) is 0 Å². The normalized spacial score (nSPS) is 13.0. The van der Waals surface area contributed by atoms with Crippen LogP contribution in [-0.2, 0) is 21.7 Å². The summed E-state index contributed by atoms with van der Waals surface area (Å²) in [5.74, 6) is 1.65. The van der Waals surface area contributed by atoms with Gasteiger partial charge in [0.05, 0.1) is 22.1 Å². The van der Waals surface area contributed by atoms with Gasteiger partial charge in [-0.2, -0.15) is 0 Å². The largest absolute Gasteiger partial charge is 0.456 e. The maximum absolute atomic E-state index is 8.46. The highest BCUT2D eigenvalue weighted by Gasteiger charge is 2.36. The average Bonchev–Trinajstić information content (AvgIpc) is 1.85. The summed E-state index contributed by atoms with van der Waals surface area (Å²) in [7, 11) is 0. The molecule has 2 heterocycles. The van der Waals surface area contributed by atoms with Crippen molar-refractivity contribution in [3.8, 4) is 33.8 Å². The van der Waals surface area contributed by atoms with Crippen molar-refractivity contribution in [2.75, 3.05) is 14.7 Å². The van der Waals surface area contributed by atoms with Gasteiger partial charge in [-0.15, -0.1) is 0 Å². The molecule has 11 aromatic carbocycles. The third-order valence-electron chi connectivity index (χ3n) is 18.2. The zero-order valence-corrected chi connectivity index (χ0v) is 53.5. The van der Waals surface area contributed by atoms with Gasteiger partial charge in [-0.3, -0.25) is 0 Å². The fraction of sp³-hybridized carbons (Fsp3) is 0.181. The Morgan fingerprint density at radius 2 is 0.708 bits per heavy atom. The van der Waals surface area contributed by atoms with Gasteiger partial charge >= 0.3 is 0 Å². The average molecular weight is 1180 g/mol. The minimum atomic E-state index is -0.264. The van der Waals surface area contributed by atoms with Crippen LogP contribution in [0.25, 0.3) is 66.5 Å². The molecule has 1 aliphatic rings. The Balaban J connectivity index is 1.04. The molecular formula is C83H74ClN3O2. The molecule has 0 unspecified atom stereocenters. The molecule has 0 aliphatic heterocycles. The third-order valence-corrected chi connectivity index (χ3v) is 18.6. The second kappa shape index (κ2) is 21.6. The molecule has 13 aromatic rings. The van der Waals surface area contributed by atoms with Gasteiger partial charge in [0.1, 0.15) is 22.7 Å². The number of para-hydroxylation sites is 2. The van der Waals surface area contributed by atoms with E-state index < -0.39 is 0 Å². The van der Waals surface area contributed by atoms with Crippen LogP contribution >= 0.6 is 11.6 Å². The van der Waals surface area contributed by atoms with Gasteiger partial charge in [-0.05, 0) is 193 Å². The monoisotopic (exact) mass is 1180 g/mol. The standard InChI is InChI=1S/C83H74ClN3O2/c1-80(2,3)59-29-38-63(39-30-59)86(62-35-26-53(27-36-62)77-48-56-18-12-16-22-75(56)88-77)73-51-68(52-74(79(73)84)87(64-40-31-60(32-41-64)81(4,5)6)65-42-33-61(34-43-65)82(7,8)9)85(67-44-45-70-69-20-14-15-21-71(69)83(10,11)72(70)50-67)66-37-28-54-46-58(25-24-55(54)47-66)78-49-57-19-13-17-23-76(57)89-78/h12-52H,1-11H3. The number of anilines is 9. The van der Waals surface area contributed by atoms with E-state index in [1.54, 1.807) is 0 Å². The van der Waals surface area contributed by atoms with Crippen LogP contribution in [0.2, 0.25) is 5.02 Å². The van der Waals surface area contributed by atoms with Crippen LogP contribution in [0.5, 0.6) is 0 Å². The summed E-state index contributed by atoms with van der Waals surface area (Å²) in [4.78, 5) is 7.11. The molecule has 14 rings (SSSR count). The summed E-state index contributed by atoms with van der Waals surface area (Å²) in [6, 6.07) is 90.4. The highest BCUT2D eigenvalue weighted by atomic mass is 35.5. The van der Waals surface area contributed by atoms with E-state index in [9.17, 15) is 0 Å². The molecule has 6 heteroatoms. The molecular weight excluding hydrogens is 1110 g/mol. The molecule has 1 aliphatic carbocycles. The van der Waals surface area contributed by atoms with Crippen molar-refractivity contribution in [3.63, 3.8) is 0 Å². The van der Waals surface area contributed by atoms with Gasteiger partial charge in [0, 0.05) is 61.4 Å². The number of nitrogens with zero attached hydrogens (tertiary/aromatic N) is 3. The van der Waals surface area contributed by atoms with Crippen molar-refractivity contribution in [2.24, 2.45) is 0 Å². The lowest BCUT2D eigenvalue weighted by atomic mass is 9.82. The van der Waals surface area contributed by atoms with E-state index in [0.717, 1.165) is 107 Å². The van der Waals surface area contributed by atoms with Crippen LogP contribution in [0, 0.1) is 0 Å².